The number of halogens is 1. The number of alkyl halides is 1. The van der Waals surface area contributed by atoms with Crippen molar-refractivity contribution in [1.82, 2.24) is 19.3 Å². The van der Waals surface area contributed by atoms with Crippen LogP contribution in [0.1, 0.15) is 50.7 Å². The molecule has 0 saturated heterocycles. The minimum absolute atomic E-state index is 0.605. The van der Waals surface area contributed by atoms with Crippen molar-refractivity contribution in [1.29, 1.82) is 0 Å². The molecular weight excluding hydrogens is 272 g/mol. The molecule has 0 radical (unpaired) electrons. The number of nitrogens with zero attached hydrogens (tertiary/aromatic N) is 4. The fourth-order valence-electron chi connectivity index (χ4n) is 3.25. The smallest absolute Gasteiger partial charge is 0.158 e. The summed E-state index contributed by atoms with van der Waals surface area (Å²) in [6, 6.07) is 0.605. The van der Waals surface area contributed by atoms with Crippen LogP contribution in [0.2, 0.25) is 0 Å². The Kier molecular flexibility index (Phi) is 3.76. The molecule has 1 saturated carbocycles. The molecule has 4 nitrogen and oxygen atoms in total. The minimum atomic E-state index is 0.605. The van der Waals surface area contributed by atoms with Gasteiger partial charge in [0.2, 0.25) is 0 Å². The van der Waals surface area contributed by atoms with Gasteiger partial charge >= 0.3 is 0 Å². The molecule has 2 aromatic rings. The Bertz CT molecular complexity index is 613. The summed E-state index contributed by atoms with van der Waals surface area (Å²) in [6.45, 7) is 4.46. The van der Waals surface area contributed by atoms with Gasteiger partial charge in [0.25, 0.3) is 0 Å². The number of rotatable bonds is 6. The molecule has 20 heavy (non-hydrogen) atoms. The van der Waals surface area contributed by atoms with Gasteiger partial charge in [0.05, 0.1) is 5.69 Å². The number of fused-ring (bicyclic) bond motifs is 1. The maximum atomic E-state index is 5.96. The van der Waals surface area contributed by atoms with Gasteiger partial charge in [-0.1, -0.05) is 26.7 Å². The molecule has 2 aromatic heterocycles. The number of aryl methyl sites for hydroxylation is 3. The van der Waals surface area contributed by atoms with Crippen LogP contribution in [0, 0.1) is 5.92 Å². The van der Waals surface area contributed by atoms with Gasteiger partial charge in [-0.15, -0.1) is 11.6 Å². The molecule has 0 N–H and O–H groups in total. The van der Waals surface area contributed by atoms with Crippen molar-refractivity contribution in [3.05, 3.63) is 11.5 Å². The standard InChI is InChI=1S/C15H23ClN4/c1-4-6-11-14-15(19(3)18-11)20(12-9-10(12)5-2)13(17-14)7-8-16/h10,12H,4-9H2,1-3H3. The summed E-state index contributed by atoms with van der Waals surface area (Å²) in [5, 5.41) is 4.66. The lowest BCUT2D eigenvalue weighted by Gasteiger charge is -2.08. The van der Waals surface area contributed by atoms with Crippen LogP contribution in [0.3, 0.4) is 0 Å². The van der Waals surface area contributed by atoms with Crippen LogP contribution in [0.4, 0.5) is 0 Å². The van der Waals surface area contributed by atoms with Crippen molar-refractivity contribution in [2.75, 3.05) is 5.88 Å². The van der Waals surface area contributed by atoms with Gasteiger partial charge in [0.15, 0.2) is 5.65 Å². The Labute approximate surface area is 125 Å². The van der Waals surface area contributed by atoms with Crippen molar-refractivity contribution in [2.24, 2.45) is 13.0 Å². The lowest BCUT2D eigenvalue weighted by Crippen LogP contribution is -2.07. The highest BCUT2D eigenvalue weighted by molar-refractivity contribution is 6.17. The molecule has 2 atom stereocenters. The third kappa shape index (κ3) is 2.14. The molecule has 0 spiro atoms. The van der Waals surface area contributed by atoms with Gasteiger partial charge in [-0.05, 0) is 18.8 Å². The van der Waals surface area contributed by atoms with Crippen molar-refractivity contribution < 1.29 is 0 Å². The highest BCUT2D eigenvalue weighted by atomic mass is 35.5. The Morgan fingerprint density at radius 3 is 2.70 bits per heavy atom. The minimum Gasteiger partial charge on any atom is -0.309 e. The second-order valence-corrected chi connectivity index (χ2v) is 6.18. The summed E-state index contributed by atoms with van der Waals surface area (Å²) in [7, 11) is 2.04. The molecular formula is C15H23ClN4. The zero-order chi connectivity index (χ0) is 14.3. The Morgan fingerprint density at radius 2 is 2.10 bits per heavy atom. The molecule has 110 valence electrons. The Balaban J connectivity index is 2.11. The van der Waals surface area contributed by atoms with Crippen LogP contribution in [-0.2, 0) is 19.9 Å². The highest BCUT2D eigenvalue weighted by Crippen LogP contribution is 2.47. The zero-order valence-corrected chi connectivity index (χ0v) is 13.3. The third-order valence-corrected chi connectivity index (χ3v) is 4.54. The Morgan fingerprint density at radius 1 is 1.30 bits per heavy atom. The van der Waals surface area contributed by atoms with Gasteiger partial charge in [0, 0.05) is 25.4 Å². The van der Waals surface area contributed by atoms with Gasteiger partial charge in [-0.25, -0.2) is 4.98 Å². The van der Waals surface area contributed by atoms with E-state index in [4.69, 9.17) is 16.6 Å². The fourth-order valence-corrected chi connectivity index (χ4v) is 3.42. The van der Waals surface area contributed by atoms with Crippen LogP contribution in [0.25, 0.3) is 11.2 Å². The van der Waals surface area contributed by atoms with E-state index >= 15 is 0 Å². The maximum absolute atomic E-state index is 5.96. The maximum Gasteiger partial charge on any atom is 0.158 e. The molecule has 0 amide bonds. The normalized spacial score (nSPS) is 21.8. The van der Waals surface area contributed by atoms with Gasteiger partial charge in [-0.2, -0.15) is 5.10 Å². The predicted molar refractivity (Wildman–Crippen MR) is 82.4 cm³/mol. The largest absolute Gasteiger partial charge is 0.309 e. The molecule has 0 aromatic carbocycles. The van der Waals surface area contributed by atoms with E-state index in [1.807, 2.05) is 11.7 Å². The van der Waals surface area contributed by atoms with Gasteiger partial charge < -0.3 is 4.57 Å². The van der Waals surface area contributed by atoms with E-state index in [1.165, 1.54) is 18.5 Å². The molecule has 1 aliphatic carbocycles. The quantitative estimate of drug-likeness (QED) is 0.765. The molecule has 0 aliphatic heterocycles. The average molecular weight is 295 g/mol. The summed E-state index contributed by atoms with van der Waals surface area (Å²) in [5.74, 6) is 2.57. The van der Waals surface area contributed by atoms with E-state index in [-0.39, 0.29) is 0 Å². The lowest BCUT2D eigenvalue weighted by atomic mass is 10.2. The first-order valence-corrected chi connectivity index (χ1v) is 8.23. The summed E-state index contributed by atoms with van der Waals surface area (Å²) < 4.78 is 4.42. The number of aromatic nitrogens is 4. The van der Waals surface area contributed by atoms with E-state index in [1.54, 1.807) is 0 Å². The van der Waals surface area contributed by atoms with Crippen LogP contribution in [0.15, 0.2) is 0 Å². The molecule has 2 unspecified atom stereocenters. The molecule has 3 rings (SSSR count). The summed E-state index contributed by atoms with van der Waals surface area (Å²) in [6.07, 6.45) is 5.45. The van der Waals surface area contributed by atoms with E-state index in [0.29, 0.717) is 11.9 Å². The summed E-state index contributed by atoms with van der Waals surface area (Å²) in [5.41, 5.74) is 3.42. The van der Waals surface area contributed by atoms with E-state index < -0.39 is 0 Å². The molecule has 1 aliphatic rings. The fraction of sp³-hybridized carbons (Fsp3) is 0.733. The van der Waals surface area contributed by atoms with Crippen LogP contribution in [-0.4, -0.2) is 25.2 Å². The molecule has 1 fully saturated rings. The topological polar surface area (TPSA) is 35.6 Å². The first-order valence-electron chi connectivity index (χ1n) is 7.69. The van der Waals surface area contributed by atoms with Crippen molar-refractivity contribution >= 4 is 22.8 Å². The SMILES string of the molecule is CCCc1nn(C)c2c1nc(CCCl)n2C1CC1CC. The van der Waals surface area contributed by atoms with Gasteiger partial charge in [-0.3, -0.25) is 4.68 Å². The zero-order valence-electron chi connectivity index (χ0n) is 12.6. The number of imidazole rings is 1. The summed E-state index contributed by atoms with van der Waals surface area (Å²) >= 11 is 5.96. The number of hydrogen-bond acceptors (Lipinski definition) is 2. The van der Waals surface area contributed by atoms with E-state index in [2.05, 4.69) is 23.5 Å². The first kappa shape index (κ1) is 13.9. The first-order chi connectivity index (χ1) is 9.71. The number of hydrogen-bond donors (Lipinski definition) is 0. The molecule has 5 heteroatoms. The predicted octanol–water partition coefficient (Wildman–Crippen LogP) is 3.47. The average Bonchev–Trinajstić information content (AvgIpc) is 3.02. The second-order valence-electron chi connectivity index (χ2n) is 5.80. The monoisotopic (exact) mass is 294 g/mol. The van der Waals surface area contributed by atoms with Gasteiger partial charge in [0.1, 0.15) is 11.3 Å². The molecule has 2 heterocycles. The van der Waals surface area contributed by atoms with Crippen LogP contribution >= 0.6 is 11.6 Å². The van der Waals surface area contributed by atoms with Crippen LogP contribution in [0.5, 0.6) is 0 Å². The van der Waals surface area contributed by atoms with Crippen molar-refractivity contribution in [3.8, 4) is 0 Å². The lowest BCUT2D eigenvalue weighted by molar-refractivity contribution is 0.606. The third-order valence-electron chi connectivity index (χ3n) is 4.36. The van der Waals surface area contributed by atoms with Crippen LogP contribution < -0.4 is 0 Å². The summed E-state index contributed by atoms with van der Waals surface area (Å²) in [4.78, 5) is 4.87. The van der Waals surface area contributed by atoms with Crippen molar-refractivity contribution in [2.45, 2.75) is 52.0 Å². The van der Waals surface area contributed by atoms with Crippen molar-refractivity contribution in [3.63, 3.8) is 0 Å². The second kappa shape index (κ2) is 5.40. The van der Waals surface area contributed by atoms with E-state index in [0.717, 1.165) is 42.2 Å². The molecule has 0 bridgehead atoms. The highest BCUT2D eigenvalue weighted by Gasteiger charge is 2.40. The Hall–Kier alpha value is -1.03. The van der Waals surface area contributed by atoms with E-state index in [9.17, 15) is 0 Å².